The molecule has 0 fully saturated rings. The third kappa shape index (κ3) is 1.93. The smallest absolute Gasteiger partial charge is 0.268 e. The van der Waals surface area contributed by atoms with E-state index in [1.165, 1.54) is 0 Å². The van der Waals surface area contributed by atoms with Crippen LogP contribution < -0.4 is 0 Å². The Balaban J connectivity index is 3.50. The number of hydrogen-bond donors (Lipinski definition) is 1. The molecule has 0 amide bonds. The van der Waals surface area contributed by atoms with Crippen LogP contribution in [0.1, 0.15) is 22.3 Å². The van der Waals surface area contributed by atoms with Gasteiger partial charge in [0.25, 0.3) is 11.7 Å². The number of aromatic hydroxyl groups is 1. The number of rotatable bonds is 2. The molecule has 7 heteroatoms. The summed E-state index contributed by atoms with van der Waals surface area (Å²) in [5.74, 6) is -0.812. The van der Waals surface area contributed by atoms with Crippen molar-refractivity contribution in [2.75, 3.05) is 0 Å². The van der Waals surface area contributed by atoms with Crippen LogP contribution in [0.5, 0.6) is 5.75 Å². The molecule has 0 atom stereocenters. The molecule has 1 N–H and O–H groups in total. The van der Waals surface area contributed by atoms with Crippen molar-refractivity contribution in [3.05, 3.63) is 22.5 Å². The molecule has 1 aromatic rings. The van der Waals surface area contributed by atoms with E-state index in [0.717, 1.165) is 6.20 Å². The Hall–Kier alpha value is -0.940. The monoisotopic (exact) mass is 241 g/mol. The molecule has 3 nitrogen and oxygen atoms in total. The molecule has 76 valence electrons. The van der Waals surface area contributed by atoms with E-state index in [4.69, 9.17) is 28.3 Å². The average molecular weight is 242 g/mol. The molecule has 0 aliphatic heterocycles. The van der Waals surface area contributed by atoms with Gasteiger partial charge in [-0.15, -0.1) is 0 Å². The second-order valence-electron chi connectivity index (χ2n) is 2.30. The second kappa shape index (κ2) is 4.06. The first-order valence-corrected chi connectivity index (χ1v) is 4.06. The van der Waals surface area contributed by atoms with Gasteiger partial charge in [-0.3, -0.25) is 4.79 Å². The zero-order chi connectivity index (χ0) is 10.9. The standard InChI is InChI=1S/C7H3Cl2F2NO2/c8-5-4(6(9)14)3(7(10)11)2(13)1-12-5/h1,7,13H. The Bertz CT molecular complexity index is 384. The number of carbonyl (C=O) groups excluding carboxylic acids is 1. The second-order valence-corrected chi connectivity index (χ2v) is 3.00. The lowest BCUT2D eigenvalue weighted by Gasteiger charge is -2.07. The van der Waals surface area contributed by atoms with Crippen LogP contribution in [0.4, 0.5) is 8.78 Å². The molecule has 0 aliphatic carbocycles. The number of alkyl halides is 2. The molecule has 0 unspecified atom stereocenters. The van der Waals surface area contributed by atoms with Crippen molar-refractivity contribution < 1.29 is 18.7 Å². The third-order valence-corrected chi connectivity index (χ3v) is 1.94. The van der Waals surface area contributed by atoms with Crippen LogP contribution in [0.2, 0.25) is 5.15 Å². The predicted octanol–water partition coefficient (Wildman–Crippen LogP) is 2.76. The quantitative estimate of drug-likeness (QED) is 0.640. The number of pyridine rings is 1. The fraction of sp³-hybridized carbons (Fsp3) is 0.143. The van der Waals surface area contributed by atoms with Gasteiger partial charge in [-0.25, -0.2) is 13.8 Å². The van der Waals surface area contributed by atoms with Crippen molar-refractivity contribution in [1.29, 1.82) is 0 Å². The summed E-state index contributed by atoms with van der Waals surface area (Å²) >= 11 is 10.4. The van der Waals surface area contributed by atoms with Crippen LogP contribution in [0.3, 0.4) is 0 Å². The summed E-state index contributed by atoms with van der Waals surface area (Å²) in [6.45, 7) is 0. The highest BCUT2D eigenvalue weighted by molar-refractivity contribution is 6.68. The lowest BCUT2D eigenvalue weighted by atomic mass is 10.1. The topological polar surface area (TPSA) is 50.2 Å². The zero-order valence-electron chi connectivity index (χ0n) is 6.47. The van der Waals surface area contributed by atoms with Gasteiger partial charge in [-0.05, 0) is 11.6 Å². The molecule has 1 heterocycles. The number of aromatic nitrogens is 1. The Kier molecular flexibility index (Phi) is 3.23. The summed E-state index contributed by atoms with van der Waals surface area (Å²) in [4.78, 5) is 14.1. The van der Waals surface area contributed by atoms with Crippen molar-refractivity contribution in [2.45, 2.75) is 6.43 Å². The van der Waals surface area contributed by atoms with Crippen LogP contribution in [0, 0.1) is 0 Å². The lowest BCUT2D eigenvalue weighted by Crippen LogP contribution is -2.01. The number of nitrogens with zero attached hydrogens (tertiary/aromatic N) is 1. The van der Waals surface area contributed by atoms with Crippen molar-refractivity contribution in [1.82, 2.24) is 4.98 Å². The minimum atomic E-state index is -3.05. The first-order chi connectivity index (χ1) is 6.45. The van der Waals surface area contributed by atoms with Crippen LogP contribution >= 0.6 is 23.2 Å². The molecule has 14 heavy (non-hydrogen) atoms. The Morgan fingerprint density at radius 1 is 1.57 bits per heavy atom. The summed E-state index contributed by atoms with van der Waals surface area (Å²) in [6, 6.07) is 0. The highest BCUT2D eigenvalue weighted by Gasteiger charge is 2.25. The van der Waals surface area contributed by atoms with Crippen molar-refractivity contribution in [3.8, 4) is 5.75 Å². The first-order valence-electron chi connectivity index (χ1n) is 3.30. The molecular formula is C7H3Cl2F2NO2. The van der Waals surface area contributed by atoms with Crippen LogP contribution in [-0.2, 0) is 0 Å². The maximum absolute atomic E-state index is 12.4. The zero-order valence-corrected chi connectivity index (χ0v) is 7.98. The average Bonchev–Trinajstić information content (AvgIpc) is 2.07. The van der Waals surface area contributed by atoms with E-state index in [2.05, 4.69) is 4.98 Å². The summed E-state index contributed by atoms with van der Waals surface area (Å²) in [5.41, 5.74) is -1.56. The highest BCUT2D eigenvalue weighted by atomic mass is 35.5. The molecule has 0 bridgehead atoms. The van der Waals surface area contributed by atoms with Gasteiger partial charge >= 0.3 is 0 Å². The van der Waals surface area contributed by atoms with E-state index in [1.54, 1.807) is 0 Å². The van der Waals surface area contributed by atoms with Crippen LogP contribution in [0.25, 0.3) is 0 Å². The van der Waals surface area contributed by atoms with Gasteiger partial charge in [0.2, 0.25) is 0 Å². The van der Waals surface area contributed by atoms with Crippen LogP contribution in [0.15, 0.2) is 6.20 Å². The highest BCUT2D eigenvalue weighted by Crippen LogP contribution is 2.34. The number of halogens is 4. The minimum Gasteiger partial charge on any atom is -0.506 e. The third-order valence-electron chi connectivity index (χ3n) is 1.47. The largest absolute Gasteiger partial charge is 0.506 e. The van der Waals surface area contributed by atoms with Crippen molar-refractivity contribution in [3.63, 3.8) is 0 Å². The van der Waals surface area contributed by atoms with E-state index in [0.29, 0.717) is 0 Å². The molecule has 0 radical (unpaired) electrons. The fourth-order valence-electron chi connectivity index (χ4n) is 0.899. The number of hydrogen-bond acceptors (Lipinski definition) is 3. The summed E-state index contributed by atoms with van der Waals surface area (Å²) in [7, 11) is 0. The SMILES string of the molecule is O=C(Cl)c1c(Cl)ncc(O)c1C(F)F. The molecule has 0 saturated carbocycles. The molecular weight excluding hydrogens is 239 g/mol. The molecule has 0 saturated heterocycles. The van der Waals surface area contributed by atoms with Crippen molar-refractivity contribution in [2.24, 2.45) is 0 Å². The van der Waals surface area contributed by atoms with Gasteiger partial charge in [0.15, 0.2) is 0 Å². The number of carbonyl (C=O) groups is 1. The molecule has 0 aliphatic rings. The van der Waals surface area contributed by atoms with E-state index in [9.17, 15) is 13.6 Å². The van der Waals surface area contributed by atoms with E-state index in [1.807, 2.05) is 0 Å². The molecule has 0 aromatic carbocycles. The van der Waals surface area contributed by atoms with Gasteiger partial charge in [0, 0.05) is 0 Å². The maximum atomic E-state index is 12.4. The first kappa shape index (κ1) is 11.1. The van der Waals surface area contributed by atoms with Crippen molar-refractivity contribution >= 4 is 28.4 Å². The molecule has 1 rings (SSSR count). The summed E-state index contributed by atoms with van der Waals surface area (Å²) in [5, 5.41) is 7.38. The van der Waals surface area contributed by atoms with E-state index in [-0.39, 0.29) is 0 Å². The Morgan fingerprint density at radius 3 is 2.50 bits per heavy atom. The Labute approximate surface area is 87.3 Å². The Morgan fingerprint density at radius 2 is 2.14 bits per heavy atom. The summed E-state index contributed by atoms with van der Waals surface area (Å²) < 4.78 is 24.7. The summed E-state index contributed by atoms with van der Waals surface area (Å²) in [6.07, 6.45) is -2.32. The van der Waals surface area contributed by atoms with Gasteiger partial charge < -0.3 is 5.11 Å². The van der Waals surface area contributed by atoms with E-state index >= 15 is 0 Å². The minimum absolute atomic E-state index is 0.460. The van der Waals surface area contributed by atoms with Gasteiger partial charge in [0.1, 0.15) is 10.9 Å². The van der Waals surface area contributed by atoms with Gasteiger partial charge in [-0.2, -0.15) is 0 Å². The van der Waals surface area contributed by atoms with Gasteiger partial charge in [0.05, 0.1) is 17.3 Å². The molecule has 0 spiro atoms. The molecule has 1 aromatic heterocycles. The fourth-order valence-corrected chi connectivity index (χ4v) is 1.38. The lowest BCUT2D eigenvalue weighted by molar-refractivity contribution is 0.106. The predicted molar refractivity (Wildman–Crippen MR) is 46.1 cm³/mol. The van der Waals surface area contributed by atoms with Gasteiger partial charge in [-0.1, -0.05) is 11.6 Å². The normalized spacial score (nSPS) is 10.6. The van der Waals surface area contributed by atoms with E-state index < -0.39 is 33.7 Å². The van der Waals surface area contributed by atoms with Crippen LogP contribution in [-0.4, -0.2) is 15.3 Å². The maximum Gasteiger partial charge on any atom is 0.268 e.